The molecule has 19 heavy (non-hydrogen) atoms. The van der Waals surface area contributed by atoms with Gasteiger partial charge in [0.25, 0.3) is 0 Å². The lowest BCUT2D eigenvalue weighted by Gasteiger charge is -2.44. The van der Waals surface area contributed by atoms with Crippen molar-refractivity contribution in [3.8, 4) is 0 Å². The molecule has 0 aliphatic heterocycles. The number of carbonyl (C=O) groups is 2. The molecule has 0 bridgehead atoms. The van der Waals surface area contributed by atoms with Crippen LogP contribution in [0.5, 0.6) is 0 Å². The van der Waals surface area contributed by atoms with Crippen LogP contribution in [0, 0.1) is 17.3 Å². The molecule has 3 heteroatoms. The highest BCUT2D eigenvalue weighted by Crippen LogP contribution is 2.55. The minimum atomic E-state index is -0.177. The molecule has 4 atom stereocenters. The van der Waals surface area contributed by atoms with Crippen LogP contribution in [0.2, 0.25) is 0 Å². The van der Waals surface area contributed by atoms with Crippen LogP contribution in [-0.4, -0.2) is 18.4 Å². The van der Waals surface area contributed by atoms with Crippen molar-refractivity contribution in [1.82, 2.24) is 0 Å². The van der Waals surface area contributed by atoms with Crippen molar-refractivity contribution in [2.24, 2.45) is 17.3 Å². The first-order chi connectivity index (χ1) is 8.99. The molecule has 2 aliphatic rings. The maximum absolute atomic E-state index is 11.2. The molecular formula is C16H24O3. The zero-order valence-corrected chi connectivity index (χ0v) is 12.1. The molecule has 0 spiro atoms. The van der Waals surface area contributed by atoms with E-state index in [1.54, 1.807) is 0 Å². The summed E-state index contributed by atoms with van der Waals surface area (Å²) in [6.07, 6.45) is 8.13. The van der Waals surface area contributed by atoms with Crippen LogP contribution < -0.4 is 0 Å². The average Bonchev–Trinajstić information content (AvgIpc) is 2.67. The molecule has 0 heterocycles. The Hall–Kier alpha value is -1.12. The van der Waals surface area contributed by atoms with Gasteiger partial charge in [-0.15, -0.1) is 0 Å². The van der Waals surface area contributed by atoms with Crippen LogP contribution in [0.1, 0.15) is 52.9 Å². The third kappa shape index (κ3) is 2.60. The molecule has 0 radical (unpaired) electrons. The maximum Gasteiger partial charge on any atom is 0.302 e. The van der Waals surface area contributed by atoms with Crippen LogP contribution in [0.25, 0.3) is 0 Å². The van der Waals surface area contributed by atoms with Crippen molar-refractivity contribution in [2.45, 2.75) is 59.0 Å². The second-order valence-corrected chi connectivity index (χ2v) is 6.26. The highest BCUT2D eigenvalue weighted by molar-refractivity contribution is 5.66. The van der Waals surface area contributed by atoms with Crippen molar-refractivity contribution < 1.29 is 14.3 Å². The molecule has 0 saturated heterocycles. The molecular weight excluding hydrogens is 240 g/mol. The van der Waals surface area contributed by atoms with E-state index in [2.05, 4.69) is 19.9 Å². The van der Waals surface area contributed by atoms with E-state index >= 15 is 0 Å². The molecule has 0 aromatic carbocycles. The van der Waals surface area contributed by atoms with Gasteiger partial charge in [0.1, 0.15) is 12.4 Å². The zero-order valence-electron chi connectivity index (χ0n) is 12.1. The maximum atomic E-state index is 11.2. The number of allylic oxidation sites excluding steroid dienone is 2. The normalized spacial score (nSPS) is 35.2. The first kappa shape index (κ1) is 14.3. The van der Waals surface area contributed by atoms with Gasteiger partial charge in [0.2, 0.25) is 0 Å². The number of fused-ring (bicyclic) bond motifs is 1. The van der Waals surface area contributed by atoms with Crippen LogP contribution >= 0.6 is 0 Å². The first-order valence-corrected chi connectivity index (χ1v) is 7.30. The summed E-state index contributed by atoms with van der Waals surface area (Å²) in [6.45, 7) is 5.90. The van der Waals surface area contributed by atoms with E-state index in [4.69, 9.17) is 4.74 Å². The molecule has 1 fully saturated rings. The third-order valence-electron chi connectivity index (χ3n) is 5.00. The lowest BCUT2D eigenvalue weighted by Crippen LogP contribution is -2.41. The lowest BCUT2D eigenvalue weighted by atomic mass is 9.63. The Morgan fingerprint density at radius 1 is 1.63 bits per heavy atom. The molecule has 0 aromatic heterocycles. The van der Waals surface area contributed by atoms with Crippen molar-refractivity contribution in [2.75, 3.05) is 0 Å². The monoisotopic (exact) mass is 264 g/mol. The number of aldehydes is 1. The van der Waals surface area contributed by atoms with E-state index in [1.807, 2.05) is 0 Å². The van der Waals surface area contributed by atoms with Gasteiger partial charge >= 0.3 is 5.97 Å². The van der Waals surface area contributed by atoms with Gasteiger partial charge in [-0.25, -0.2) is 0 Å². The Balaban J connectivity index is 2.17. The van der Waals surface area contributed by atoms with Gasteiger partial charge in [-0.2, -0.15) is 0 Å². The van der Waals surface area contributed by atoms with Gasteiger partial charge in [-0.05, 0) is 37.0 Å². The van der Waals surface area contributed by atoms with Crippen molar-refractivity contribution in [3.05, 3.63) is 11.6 Å². The average molecular weight is 264 g/mol. The van der Waals surface area contributed by atoms with Crippen molar-refractivity contribution in [1.29, 1.82) is 0 Å². The van der Waals surface area contributed by atoms with Gasteiger partial charge in [-0.3, -0.25) is 4.79 Å². The van der Waals surface area contributed by atoms with Crippen molar-refractivity contribution >= 4 is 12.3 Å². The quantitative estimate of drug-likeness (QED) is 0.444. The number of ether oxygens (including phenoxy) is 1. The number of hydrogen-bond acceptors (Lipinski definition) is 3. The van der Waals surface area contributed by atoms with Gasteiger partial charge in [0.05, 0.1) is 0 Å². The Bertz CT molecular complexity index is 399. The molecule has 3 nitrogen and oxygen atoms in total. The van der Waals surface area contributed by atoms with Crippen molar-refractivity contribution in [3.63, 3.8) is 0 Å². The fraction of sp³-hybridized carbons (Fsp3) is 0.750. The molecule has 1 unspecified atom stereocenters. The van der Waals surface area contributed by atoms with E-state index in [9.17, 15) is 9.59 Å². The molecule has 1 saturated carbocycles. The Kier molecular flexibility index (Phi) is 4.12. The molecule has 0 N–H and O–H groups in total. The summed E-state index contributed by atoms with van der Waals surface area (Å²) in [7, 11) is 0. The lowest BCUT2D eigenvalue weighted by molar-refractivity contribution is -0.153. The summed E-state index contributed by atoms with van der Waals surface area (Å²) < 4.78 is 5.52. The second-order valence-electron chi connectivity index (χ2n) is 6.26. The molecule has 0 aromatic rings. The minimum Gasteiger partial charge on any atom is -0.462 e. The Labute approximate surface area is 115 Å². The van der Waals surface area contributed by atoms with Crippen LogP contribution in [0.15, 0.2) is 11.6 Å². The summed E-state index contributed by atoms with van der Waals surface area (Å²) in [5.74, 6) is 0.529. The molecule has 106 valence electrons. The molecule has 2 rings (SSSR count). The second kappa shape index (κ2) is 5.48. The Morgan fingerprint density at radius 3 is 3.00 bits per heavy atom. The standard InChI is InChI=1S/C16H24O3/c1-11(8-10-17)13-6-7-14-15(19-12(2)18)5-4-9-16(13,14)3/h6,10-11,14-15H,4-5,7-9H2,1-3H3/t11-,14?,15-,16+/m0/s1. The highest BCUT2D eigenvalue weighted by Gasteiger charge is 2.49. The summed E-state index contributed by atoms with van der Waals surface area (Å²) in [4.78, 5) is 22.0. The number of esters is 1. The van der Waals surface area contributed by atoms with Gasteiger partial charge < -0.3 is 9.53 Å². The fourth-order valence-electron chi connectivity index (χ4n) is 4.11. The minimum absolute atomic E-state index is 0.0495. The summed E-state index contributed by atoms with van der Waals surface area (Å²) >= 11 is 0. The van der Waals surface area contributed by atoms with Crippen LogP contribution in [0.4, 0.5) is 0 Å². The summed E-state index contributed by atoms with van der Waals surface area (Å²) in [5.41, 5.74) is 1.52. The van der Waals surface area contributed by atoms with Gasteiger partial charge in [0.15, 0.2) is 0 Å². The highest BCUT2D eigenvalue weighted by atomic mass is 16.5. The zero-order chi connectivity index (χ0) is 14.0. The van der Waals surface area contributed by atoms with Crippen LogP contribution in [0.3, 0.4) is 0 Å². The SMILES string of the molecule is CC(=O)O[C@H]1CCC[C@]2(C)C([C@@H](C)CC=O)=CCC12. The van der Waals surface area contributed by atoms with E-state index in [0.29, 0.717) is 18.3 Å². The predicted octanol–water partition coefficient (Wildman–Crippen LogP) is 3.28. The number of hydrogen-bond donors (Lipinski definition) is 0. The van der Waals surface area contributed by atoms with E-state index in [0.717, 1.165) is 32.0 Å². The Morgan fingerprint density at radius 2 is 2.37 bits per heavy atom. The predicted molar refractivity (Wildman–Crippen MR) is 73.5 cm³/mol. The van der Waals surface area contributed by atoms with E-state index in [-0.39, 0.29) is 17.5 Å². The van der Waals surface area contributed by atoms with E-state index < -0.39 is 0 Å². The number of carbonyl (C=O) groups excluding carboxylic acids is 2. The molecule has 2 aliphatic carbocycles. The number of rotatable bonds is 4. The fourth-order valence-corrected chi connectivity index (χ4v) is 4.11. The van der Waals surface area contributed by atoms with Gasteiger partial charge in [0, 0.05) is 19.3 Å². The topological polar surface area (TPSA) is 43.4 Å². The third-order valence-corrected chi connectivity index (χ3v) is 5.00. The molecule has 0 amide bonds. The largest absolute Gasteiger partial charge is 0.462 e. The van der Waals surface area contributed by atoms with Crippen LogP contribution in [-0.2, 0) is 14.3 Å². The summed E-state index contributed by atoms with van der Waals surface area (Å²) in [5, 5.41) is 0. The summed E-state index contributed by atoms with van der Waals surface area (Å²) in [6, 6.07) is 0. The van der Waals surface area contributed by atoms with Gasteiger partial charge in [-0.1, -0.05) is 25.5 Å². The first-order valence-electron chi connectivity index (χ1n) is 7.30. The smallest absolute Gasteiger partial charge is 0.302 e. The van der Waals surface area contributed by atoms with E-state index in [1.165, 1.54) is 12.5 Å².